The summed E-state index contributed by atoms with van der Waals surface area (Å²) in [6.07, 6.45) is -3.75. The highest BCUT2D eigenvalue weighted by Crippen LogP contribution is 2.20. The van der Waals surface area contributed by atoms with Crippen LogP contribution in [0.1, 0.15) is 23.2 Å². The van der Waals surface area contributed by atoms with Crippen LogP contribution in [-0.4, -0.2) is 31.1 Å². The number of hydrogen-bond acceptors (Lipinski definition) is 3. The number of carbonyl (C=O) groups is 2. The third-order valence-electron chi connectivity index (χ3n) is 3.44. The Hall–Kier alpha value is -3.03. The first-order chi connectivity index (χ1) is 12.8. The molecule has 0 radical (unpaired) electrons. The Morgan fingerprint density at radius 1 is 0.963 bits per heavy atom. The van der Waals surface area contributed by atoms with Crippen molar-refractivity contribution in [3.05, 3.63) is 60.2 Å². The topological polar surface area (TPSA) is 67.4 Å². The number of alkyl halides is 3. The summed E-state index contributed by atoms with van der Waals surface area (Å²) in [7, 11) is 0. The van der Waals surface area contributed by atoms with Gasteiger partial charge in [-0.2, -0.15) is 13.2 Å². The van der Waals surface area contributed by atoms with Crippen LogP contribution >= 0.6 is 0 Å². The van der Waals surface area contributed by atoms with Crippen molar-refractivity contribution in [3.63, 3.8) is 0 Å². The largest absolute Gasteiger partial charge is 0.484 e. The Balaban J connectivity index is 1.67. The SMILES string of the molecule is O=C(CCCNC(=O)c1ccccc1)Nc1ccc(OCC(F)(F)F)cc1. The van der Waals surface area contributed by atoms with Gasteiger partial charge in [0.25, 0.3) is 5.91 Å². The average Bonchev–Trinajstić information content (AvgIpc) is 2.64. The summed E-state index contributed by atoms with van der Waals surface area (Å²) in [6, 6.07) is 14.4. The first kappa shape index (κ1) is 20.3. The van der Waals surface area contributed by atoms with E-state index in [0.29, 0.717) is 24.2 Å². The number of hydrogen-bond donors (Lipinski definition) is 2. The molecule has 5 nitrogen and oxygen atoms in total. The van der Waals surface area contributed by atoms with Crippen molar-refractivity contribution in [1.82, 2.24) is 5.32 Å². The predicted octanol–water partition coefficient (Wildman–Crippen LogP) is 3.78. The van der Waals surface area contributed by atoms with Crippen LogP contribution in [0, 0.1) is 0 Å². The summed E-state index contributed by atoms with van der Waals surface area (Å²) in [5, 5.41) is 5.36. The van der Waals surface area contributed by atoms with E-state index in [1.165, 1.54) is 24.3 Å². The second-order valence-electron chi connectivity index (χ2n) is 5.70. The molecular formula is C19H19F3N2O3. The van der Waals surface area contributed by atoms with Crippen LogP contribution < -0.4 is 15.4 Å². The number of rotatable bonds is 8. The Morgan fingerprint density at radius 2 is 1.63 bits per heavy atom. The molecule has 0 aliphatic heterocycles. The minimum atomic E-state index is -4.40. The van der Waals surface area contributed by atoms with Gasteiger partial charge >= 0.3 is 6.18 Å². The highest BCUT2D eigenvalue weighted by atomic mass is 19.4. The molecule has 2 aromatic carbocycles. The van der Waals surface area contributed by atoms with Crippen molar-refractivity contribution in [1.29, 1.82) is 0 Å². The Morgan fingerprint density at radius 3 is 2.26 bits per heavy atom. The fourth-order valence-corrected chi connectivity index (χ4v) is 2.17. The second kappa shape index (κ2) is 9.61. The molecule has 0 saturated carbocycles. The van der Waals surface area contributed by atoms with Gasteiger partial charge < -0.3 is 15.4 Å². The highest BCUT2D eigenvalue weighted by Gasteiger charge is 2.28. The van der Waals surface area contributed by atoms with Gasteiger partial charge in [0.05, 0.1) is 0 Å². The van der Waals surface area contributed by atoms with Gasteiger partial charge in [-0.25, -0.2) is 0 Å². The maximum atomic E-state index is 12.1. The summed E-state index contributed by atoms with van der Waals surface area (Å²) in [5.74, 6) is -0.396. The average molecular weight is 380 g/mol. The molecule has 0 unspecified atom stereocenters. The molecule has 0 aliphatic carbocycles. The number of nitrogens with one attached hydrogen (secondary N) is 2. The molecule has 27 heavy (non-hydrogen) atoms. The molecule has 2 N–H and O–H groups in total. The number of ether oxygens (including phenoxy) is 1. The predicted molar refractivity (Wildman–Crippen MR) is 94.6 cm³/mol. The van der Waals surface area contributed by atoms with E-state index in [1.54, 1.807) is 24.3 Å². The van der Waals surface area contributed by atoms with E-state index in [4.69, 9.17) is 0 Å². The smallest absolute Gasteiger partial charge is 0.422 e. The lowest BCUT2D eigenvalue weighted by Gasteiger charge is -2.10. The normalized spacial score (nSPS) is 10.9. The van der Waals surface area contributed by atoms with Gasteiger partial charge in [-0.05, 0) is 42.8 Å². The molecule has 0 aliphatic rings. The number of carbonyl (C=O) groups excluding carboxylic acids is 2. The molecule has 0 saturated heterocycles. The van der Waals surface area contributed by atoms with Crippen molar-refractivity contribution >= 4 is 17.5 Å². The van der Waals surface area contributed by atoms with Crippen LogP contribution in [0.2, 0.25) is 0 Å². The minimum absolute atomic E-state index is 0.0638. The van der Waals surface area contributed by atoms with E-state index in [-0.39, 0.29) is 24.0 Å². The molecule has 0 fully saturated rings. The number of halogens is 3. The van der Waals surface area contributed by atoms with Crippen LogP contribution in [0.4, 0.5) is 18.9 Å². The van der Waals surface area contributed by atoms with E-state index < -0.39 is 12.8 Å². The van der Waals surface area contributed by atoms with Gasteiger partial charge in [0.15, 0.2) is 6.61 Å². The van der Waals surface area contributed by atoms with E-state index in [1.807, 2.05) is 6.07 Å². The van der Waals surface area contributed by atoms with Gasteiger partial charge in [0.1, 0.15) is 5.75 Å². The quantitative estimate of drug-likeness (QED) is 0.685. The first-order valence-corrected chi connectivity index (χ1v) is 8.26. The zero-order valence-corrected chi connectivity index (χ0v) is 14.4. The van der Waals surface area contributed by atoms with Crippen molar-refractivity contribution in [2.45, 2.75) is 19.0 Å². The Bertz CT molecular complexity index is 747. The molecule has 2 amide bonds. The van der Waals surface area contributed by atoms with Crippen LogP contribution in [0.3, 0.4) is 0 Å². The zero-order chi connectivity index (χ0) is 19.7. The minimum Gasteiger partial charge on any atom is -0.484 e. The van der Waals surface area contributed by atoms with E-state index in [9.17, 15) is 22.8 Å². The van der Waals surface area contributed by atoms with Crippen molar-refractivity contribution in [2.24, 2.45) is 0 Å². The van der Waals surface area contributed by atoms with Crippen LogP contribution in [0.5, 0.6) is 5.75 Å². The summed E-state index contributed by atoms with van der Waals surface area (Å²) >= 11 is 0. The van der Waals surface area contributed by atoms with Crippen LogP contribution in [-0.2, 0) is 4.79 Å². The number of anilines is 1. The summed E-state index contributed by atoms with van der Waals surface area (Å²) in [6.45, 7) is -1.02. The number of benzene rings is 2. The van der Waals surface area contributed by atoms with Crippen LogP contribution in [0.15, 0.2) is 54.6 Å². The van der Waals surface area contributed by atoms with Gasteiger partial charge in [-0.1, -0.05) is 18.2 Å². The Labute approximate surface area is 154 Å². The molecule has 0 bridgehead atoms. The molecule has 0 atom stereocenters. The third-order valence-corrected chi connectivity index (χ3v) is 3.44. The lowest BCUT2D eigenvalue weighted by atomic mass is 10.2. The molecular weight excluding hydrogens is 361 g/mol. The summed E-state index contributed by atoms with van der Waals surface area (Å²) < 4.78 is 40.8. The van der Waals surface area contributed by atoms with Gasteiger partial charge in [0, 0.05) is 24.2 Å². The summed E-state index contributed by atoms with van der Waals surface area (Å²) in [5.41, 5.74) is 1.00. The molecule has 0 spiro atoms. The van der Waals surface area contributed by atoms with Crippen molar-refractivity contribution < 1.29 is 27.5 Å². The third kappa shape index (κ3) is 7.81. The molecule has 0 heterocycles. The fraction of sp³-hybridized carbons (Fsp3) is 0.263. The summed E-state index contributed by atoms with van der Waals surface area (Å²) in [4.78, 5) is 23.7. The molecule has 8 heteroatoms. The van der Waals surface area contributed by atoms with Crippen LogP contribution in [0.25, 0.3) is 0 Å². The monoisotopic (exact) mass is 380 g/mol. The van der Waals surface area contributed by atoms with Crippen molar-refractivity contribution in [2.75, 3.05) is 18.5 Å². The molecule has 2 rings (SSSR count). The Kier molecular flexibility index (Phi) is 7.22. The van der Waals surface area contributed by atoms with Gasteiger partial charge in [-0.15, -0.1) is 0 Å². The van der Waals surface area contributed by atoms with E-state index in [0.717, 1.165) is 0 Å². The van der Waals surface area contributed by atoms with Gasteiger partial charge in [0.2, 0.25) is 5.91 Å². The van der Waals surface area contributed by atoms with E-state index in [2.05, 4.69) is 15.4 Å². The lowest BCUT2D eigenvalue weighted by Crippen LogP contribution is -2.25. The zero-order valence-electron chi connectivity index (χ0n) is 14.4. The second-order valence-corrected chi connectivity index (χ2v) is 5.70. The van der Waals surface area contributed by atoms with Gasteiger partial charge in [-0.3, -0.25) is 9.59 Å². The first-order valence-electron chi connectivity index (χ1n) is 8.26. The van der Waals surface area contributed by atoms with Crippen molar-refractivity contribution in [3.8, 4) is 5.75 Å². The molecule has 144 valence electrons. The lowest BCUT2D eigenvalue weighted by molar-refractivity contribution is -0.153. The molecule has 2 aromatic rings. The molecule has 0 aromatic heterocycles. The standard InChI is InChI=1S/C19H19F3N2O3/c20-19(21,22)13-27-16-10-8-15(9-11-16)24-17(25)7-4-12-23-18(26)14-5-2-1-3-6-14/h1-3,5-6,8-11H,4,7,12-13H2,(H,23,26)(H,24,25). The maximum Gasteiger partial charge on any atom is 0.422 e. The van der Waals surface area contributed by atoms with E-state index >= 15 is 0 Å². The fourth-order valence-electron chi connectivity index (χ4n) is 2.17. The maximum absolute atomic E-state index is 12.1. The highest BCUT2D eigenvalue weighted by molar-refractivity contribution is 5.94. The number of amides is 2.